The molecule has 0 bridgehead atoms. The number of carbonyl (C=O) groups is 1. The van der Waals surface area contributed by atoms with E-state index in [0.29, 0.717) is 25.5 Å². The normalized spacial score (nSPS) is 21.7. The van der Waals surface area contributed by atoms with E-state index in [2.05, 4.69) is 22.6 Å². The van der Waals surface area contributed by atoms with E-state index in [-0.39, 0.29) is 12.0 Å². The zero-order valence-corrected chi connectivity index (χ0v) is 15.9. The zero-order valence-electron chi connectivity index (χ0n) is 15.9. The molecule has 0 aromatic heterocycles. The zero-order chi connectivity index (χ0) is 18.7. The van der Waals surface area contributed by atoms with Gasteiger partial charge in [0.05, 0.1) is 25.3 Å². The Balaban J connectivity index is 1.19. The highest BCUT2D eigenvalue weighted by atomic mass is 16.6. The van der Waals surface area contributed by atoms with Gasteiger partial charge < -0.3 is 19.6 Å². The number of nitrogens with one attached hydrogen (secondary N) is 1. The fourth-order valence-electron chi connectivity index (χ4n) is 3.34. The van der Waals surface area contributed by atoms with Crippen LogP contribution in [0.5, 0.6) is 0 Å². The SMILES string of the molecule is O=C(CC1=NOC(CCCCOCc2ccccc2)C1)NCC1CCOC1. The van der Waals surface area contributed by atoms with Crippen molar-refractivity contribution in [2.24, 2.45) is 11.1 Å². The second-order valence-corrected chi connectivity index (χ2v) is 7.33. The summed E-state index contributed by atoms with van der Waals surface area (Å²) >= 11 is 0. The van der Waals surface area contributed by atoms with Crippen LogP contribution < -0.4 is 5.32 Å². The Morgan fingerprint density at radius 1 is 1.26 bits per heavy atom. The first kappa shape index (κ1) is 19.8. The van der Waals surface area contributed by atoms with Gasteiger partial charge in [-0.15, -0.1) is 0 Å². The molecule has 0 saturated carbocycles. The van der Waals surface area contributed by atoms with Crippen LogP contribution in [0.15, 0.2) is 35.5 Å². The Morgan fingerprint density at radius 2 is 2.15 bits per heavy atom. The molecule has 1 fully saturated rings. The van der Waals surface area contributed by atoms with Crippen molar-refractivity contribution in [2.75, 3.05) is 26.4 Å². The van der Waals surface area contributed by atoms with Gasteiger partial charge in [-0.3, -0.25) is 4.79 Å². The Hall–Kier alpha value is -1.92. The molecule has 6 heteroatoms. The molecule has 2 aliphatic heterocycles. The third-order valence-corrected chi connectivity index (χ3v) is 4.95. The Morgan fingerprint density at radius 3 is 2.96 bits per heavy atom. The molecule has 6 nitrogen and oxygen atoms in total. The number of nitrogens with zero attached hydrogens (tertiary/aromatic N) is 1. The van der Waals surface area contributed by atoms with Crippen molar-refractivity contribution in [1.82, 2.24) is 5.32 Å². The quantitative estimate of drug-likeness (QED) is 0.605. The van der Waals surface area contributed by atoms with E-state index in [1.54, 1.807) is 0 Å². The molecular formula is C21H30N2O4. The van der Waals surface area contributed by atoms with Crippen LogP contribution in [-0.4, -0.2) is 44.1 Å². The lowest BCUT2D eigenvalue weighted by Crippen LogP contribution is -2.30. The van der Waals surface area contributed by atoms with E-state index in [1.165, 1.54) is 5.56 Å². The third kappa shape index (κ3) is 7.31. The van der Waals surface area contributed by atoms with Crippen LogP contribution in [-0.2, 0) is 25.7 Å². The van der Waals surface area contributed by atoms with Crippen LogP contribution >= 0.6 is 0 Å². The van der Waals surface area contributed by atoms with Crippen molar-refractivity contribution in [1.29, 1.82) is 0 Å². The second kappa shape index (κ2) is 11.0. The van der Waals surface area contributed by atoms with E-state index in [9.17, 15) is 4.79 Å². The van der Waals surface area contributed by atoms with Gasteiger partial charge in [-0.2, -0.15) is 0 Å². The molecule has 1 aromatic carbocycles. The second-order valence-electron chi connectivity index (χ2n) is 7.33. The van der Waals surface area contributed by atoms with Gasteiger partial charge in [-0.1, -0.05) is 35.5 Å². The summed E-state index contributed by atoms with van der Waals surface area (Å²) in [5.74, 6) is 0.479. The maximum atomic E-state index is 12.0. The van der Waals surface area contributed by atoms with Crippen LogP contribution in [0.1, 0.15) is 44.1 Å². The molecule has 27 heavy (non-hydrogen) atoms. The first-order valence-electron chi connectivity index (χ1n) is 9.97. The number of rotatable bonds is 11. The van der Waals surface area contributed by atoms with Crippen molar-refractivity contribution < 1.29 is 19.1 Å². The number of hydrogen-bond donors (Lipinski definition) is 1. The van der Waals surface area contributed by atoms with Crippen molar-refractivity contribution in [3.63, 3.8) is 0 Å². The monoisotopic (exact) mass is 374 g/mol. The summed E-state index contributed by atoms with van der Waals surface area (Å²) in [6.07, 6.45) is 5.21. The van der Waals surface area contributed by atoms with Gasteiger partial charge in [-0.05, 0) is 31.2 Å². The highest BCUT2D eigenvalue weighted by Gasteiger charge is 2.23. The maximum Gasteiger partial charge on any atom is 0.225 e. The third-order valence-electron chi connectivity index (χ3n) is 4.95. The average Bonchev–Trinajstić information content (AvgIpc) is 3.36. The summed E-state index contributed by atoms with van der Waals surface area (Å²) in [6.45, 7) is 3.67. The van der Waals surface area contributed by atoms with Crippen LogP contribution in [0.3, 0.4) is 0 Å². The predicted molar refractivity (Wildman–Crippen MR) is 103 cm³/mol. The van der Waals surface area contributed by atoms with E-state index in [4.69, 9.17) is 14.3 Å². The number of hydrogen-bond acceptors (Lipinski definition) is 5. The fraction of sp³-hybridized carbons (Fsp3) is 0.619. The van der Waals surface area contributed by atoms with Crippen LogP contribution in [0.25, 0.3) is 0 Å². The minimum atomic E-state index is 0.0270. The molecule has 0 radical (unpaired) electrons. The minimum absolute atomic E-state index is 0.0270. The highest BCUT2D eigenvalue weighted by Crippen LogP contribution is 2.18. The fourth-order valence-corrected chi connectivity index (χ4v) is 3.34. The lowest BCUT2D eigenvalue weighted by atomic mass is 10.0. The van der Waals surface area contributed by atoms with Gasteiger partial charge in [0.1, 0.15) is 6.10 Å². The molecule has 2 aliphatic rings. The molecule has 0 aliphatic carbocycles. The molecule has 1 saturated heterocycles. The molecule has 2 atom stereocenters. The van der Waals surface area contributed by atoms with Crippen molar-refractivity contribution in [3.05, 3.63) is 35.9 Å². The molecule has 1 aromatic rings. The van der Waals surface area contributed by atoms with E-state index < -0.39 is 0 Å². The summed E-state index contributed by atoms with van der Waals surface area (Å²) in [7, 11) is 0. The molecule has 1 N–H and O–H groups in total. The minimum Gasteiger partial charge on any atom is -0.392 e. The molecule has 0 spiro atoms. The lowest BCUT2D eigenvalue weighted by molar-refractivity contribution is -0.120. The van der Waals surface area contributed by atoms with E-state index in [0.717, 1.165) is 57.6 Å². The largest absolute Gasteiger partial charge is 0.392 e. The van der Waals surface area contributed by atoms with E-state index >= 15 is 0 Å². The van der Waals surface area contributed by atoms with Gasteiger partial charge in [0, 0.05) is 32.1 Å². The molecule has 1 amide bonds. The topological polar surface area (TPSA) is 69.2 Å². The molecule has 148 valence electrons. The van der Waals surface area contributed by atoms with Crippen molar-refractivity contribution in [2.45, 2.75) is 51.2 Å². The lowest BCUT2D eigenvalue weighted by Gasteiger charge is -2.09. The smallest absolute Gasteiger partial charge is 0.225 e. The molecule has 3 rings (SSSR count). The van der Waals surface area contributed by atoms with Crippen molar-refractivity contribution in [3.8, 4) is 0 Å². The maximum absolute atomic E-state index is 12.0. The number of oxime groups is 1. The van der Waals surface area contributed by atoms with Gasteiger partial charge in [0.2, 0.25) is 5.91 Å². The predicted octanol–water partition coefficient (Wildman–Crippen LogP) is 3.06. The summed E-state index contributed by atoms with van der Waals surface area (Å²) in [5, 5.41) is 7.07. The summed E-state index contributed by atoms with van der Waals surface area (Å²) in [4.78, 5) is 17.5. The number of amides is 1. The summed E-state index contributed by atoms with van der Waals surface area (Å²) in [6, 6.07) is 10.2. The molecule has 2 heterocycles. The summed E-state index contributed by atoms with van der Waals surface area (Å²) < 4.78 is 11.0. The Kier molecular flexibility index (Phi) is 8.11. The van der Waals surface area contributed by atoms with Gasteiger partial charge >= 0.3 is 0 Å². The van der Waals surface area contributed by atoms with Crippen LogP contribution in [0.4, 0.5) is 0 Å². The first-order chi connectivity index (χ1) is 13.3. The van der Waals surface area contributed by atoms with E-state index in [1.807, 2.05) is 18.2 Å². The van der Waals surface area contributed by atoms with Crippen LogP contribution in [0, 0.1) is 5.92 Å². The molecular weight excluding hydrogens is 344 g/mol. The Labute approximate surface area is 161 Å². The van der Waals surface area contributed by atoms with Gasteiger partial charge in [0.15, 0.2) is 0 Å². The van der Waals surface area contributed by atoms with Crippen molar-refractivity contribution >= 4 is 11.6 Å². The average molecular weight is 374 g/mol. The Bertz CT molecular complexity index is 599. The van der Waals surface area contributed by atoms with Gasteiger partial charge in [-0.25, -0.2) is 0 Å². The number of benzene rings is 1. The number of ether oxygens (including phenoxy) is 2. The van der Waals surface area contributed by atoms with Gasteiger partial charge in [0.25, 0.3) is 0 Å². The molecule has 2 unspecified atom stereocenters. The highest BCUT2D eigenvalue weighted by molar-refractivity contribution is 6.01. The van der Waals surface area contributed by atoms with Crippen LogP contribution in [0.2, 0.25) is 0 Å². The number of carbonyl (C=O) groups excluding carboxylic acids is 1. The number of unbranched alkanes of at least 4 members (excludes halogenated alkanes) is 1. The summed E-state index contributed by atoms with van der Waals surface area (Å²) in [5.41, 5.74) is 2.05. The standard InChI is InChI=1S/C21H30N2O4/c24-21(22-14-18-9-11-26-16-18)13-19-12-20(27-23-19)8-4-5-10-25-15-17-6-2-1-3-7-17/h1-3,6-7,18,20H,4-5,8-16H2,(H,22,24). The first-order valence-corrected chi connectivity index (χ1v) is 9.97.